The highest BCUT2D eigenvalue weighted by atomic mass is 32.2. The molecule has 2 nitrogen and oxygen atoms in total. The molecule has 2 fully saturated rings. The van der Waals surface area contributed by atoms with Crippen molar-refractivity contribution in [2.75, 3.05) is 26.7 Å². The summed E-state index contributed by atoms with van der Waals surface area (Å²) in [6.45, 7) is 6.07. The molecule has 2 atom stereocenters. The Morgan fingerprint density at radius 2 is 2.38 bits per heavy atom. The zero-order valence-electron chi connectivity index (χ0n) is 8.68. The molecular weight excluding hydrogens is 180 g/mol. The summed E-state index contributed by atoms with van der Waals surface area (Å²) in [5, 5.41) is 4.56. The number of hydrogen-bond donors (Lipinski definition) is 1. The van der Waals surface area contributed by atoms with Crippen molar-refractivity contribution in [1.82, 2.24) is 10.2 Å². The maximum absolute atomic E-state index is 3.72. The van der Waals surface area contributed by atoms with Gasteiger partial charge in [-0.15, -0.1) is 11.8 Å². The van der Waals surface area contributed by atoms with E-state index >= 15 is 0 Å². The quantitative estimate of drug-likeness (QED) is 0.638. The molecule has 0 radical (unpaired) electrons. The maximum atomic E-state index is 3.72. The Kier molecular flexibility index (Phi) is 2.86. The Hall–Kier alpha value is 0.270. The van der Waals surface area contributed by atoms with Gasteiger partial charge in [-0.25, -0.2) is 0 Å². The number of nitrogens with one attached hydrogen (secondary N) is 1. The summed E-state index contributed by atoms with van der Waals surface area (Å²) >= 11 is 2.16. The molecule has 2 saturated heterocycles. The van der Waals surface area contributed by atoms with Gasteiger partial charge in [-0.1, -0.05) is 6.92 Å². The van der Waals surface area contributed by atoms with Crippen LogP contribution in [0.25, 0.3) is 0 Å². The monoisotopic (exact) mass is 200 g/mol. The molecular formula is C10H20N2S. The number of piperidine rings is 1. The van der Waals surface area contributed by atoms with Crippen molar-refractivity contribution in [1.29, 1.82) is 0 Å². The van der Waals surface area contributed by atoms with Crippen molar-refractivity contribution in [3.8, 4) is 0 Å². The molecule has 2 unspecified atom stereocenters. The van der Waals surface area contributed by atoms with E-state index in [0.717, 1.165) is 5.25 Å². The van der Waals surface area contributed by atoms with Crippen LogP contribution in [-0.2, 0) is 0 Å². The van der Waals surface area contributed by atoms with Crippen LogP contribution in [0.5, 0.6) is 0 Å². The fraction of sp³-hybridized carbons (Fsp3) is 1.00. The molecule has 2 heterocycles. The normalized spacial score (nSPS) is 42.5. The van der Waals surface area contributed by atoms with Crippen LogP contribution in [0, 0.1) is 0 Å². The van der Waals surface area contributed by atoms with Crippen molar-refractivity contribution >= 4 is 11.8 Å². The van der Waals surface area contributed by atoms with Crippen LogP contribution >= 0.6 is 11.8 Å². The van der Waals surface area contributed by atoms with Crippen LogP contribution in [0.1, 0.15) is 26.2 Å². The van der Waals surface area contributed by atoms with Crippen molar-refractivity contribution < 1.29 is 0 Å². The van der Waals surface area contributed by atoms with E-state index in [9.17, 15) is 0 Å². The Bertz CT molecular complexity index is 164. The van der Waals surface area contributed by atoms with Crippen LogP contribution in [0.2, 0.25) is 0 Å². The number of rotatable bonds is 0. The number of nitrogens with zero attached hydrogens (tertiary/aromatic N) is 1. The van der Waals surface area contributed by atoms with Crippen LogP contribution in [0.3, 0.4) is 0 Å². The first-order valence-electron chi connectivity index (χ1n) is 5.32. The van der Waals surface area contributed by atoms with E-state index in [1.165, 1.54) is 38.9 Å². The summed E-state index contributed by atoms with van der Waals surface area (Å²) in [6.07, 6.45) is 4.03. The SMILES string of the molecule is CC1CCNC2(CCCN(C)C2)S1. The molecule has 1 N–H and O–H groups in total. The summed E-state index contributed by atoms with van der Waals surface area (Å²) in [4.78, 5) is 2.85. The average Bonchev–Trinajstić information content (AvgIpc) is 2.02. The first-order chi connectivity index (χ1) is 6.20. The molecule has 76 valence electrons. The van der Waals surface area contributed by atoms with Crippen LogP contribution in [0.15, 0.2) is 0 Å². The van der Waals surface area contributed by atoms with Crippen molar-refractivity contribution in [2.24, 2.45) is 0 Å². The van der Waals surface area contributed by atoms with Crippen molar-refractivity contribution in [3.05, 3.63) is 0 Å². The minimum atomic E-state index is 0.394. The smallest absolute Gasteiger partial charge is 0.0776 e. The zero-order valence-corrected chi connectivity index (χ0v) is 9.49. The summed E-state index contributed by atoms with van der Waals surface area (Å²) in [5.74, 6) is 0. The molecule has 2 rings (SSSR count). The van der Waals surface area contributed by atoms with Gasteiger partial charge in [-0.05, 0) is 39.4 Å². The number of likely N-dealkylation sites (N-methyl/N-ethyl adjacent to an activating group) is 1. The van der Waals surface area contributed by atoms with E-state index in [-0.39, 0.29) is 0 Å². The van der Waals surface area contributed by atoms with Gasteiger partial charge in [0.05, 0.1) is 4.87 Å². The minimum absolute atomic E-state index is 0.394. The lowest BCUT2D eigenvalue weighted by Gasteiger charge is -2.46. The zero-order chi connectivity index (χ0) is 9.31. The third-order valence-electron chi connectivity index (χ3n) is 3.07. The van der Waals surface area contributed by atoms with Crippen LogP contribution in [-0.4, -0.2) is 41.7 Å². The molecule has 3 heteroatoms. The Labute approximate surface area is 85.4 Å². The third kappa shape index (κ3) is 2.20. The lowest BCUT2D eigenvalue weighted by Crippen LogP contribution is -2.57. The van der Waals surface area contributed by atoms with Crippen molar-refractivity contribution in [3.63, 3.8) is 0 Å². The average molecular weight is 200 g/mol. The van der Waals surface area contributed by atoms with E-state index in [0.29, 0.717) is 4.87 Å². The van der Waals surface area contributed by atoms with Gasteiger partial charge in [0, 0.05) is 11.8 Å². The summed E-state index contributed by atoms with van der Waals surface area (Å²) in [6, 6.07) is 0. The molecule has 2 aliphatic rings. The fourth-order valence-electron chi connectivity index (χ4n) is 2.46. The second-order valence-corrected chi connectivity index (χ2v) is 6.30. The second-order valence-electron chi connectivity index (χ2n) is 4.48. The third-order valence-corrected chi connectivity index (χ3v) is 4.64. The van der Waals surface area contributed by atoms with Gasteiger partial charge in [0.25, 0.3) is 0 Å². The molecule has 0 aromatic heterocycles. The molecule has 0 saturated carbocycles. The van der Waals surface area contributed by atoms with Gasteiger partial charge in [0.2, 0.25) is 0 Å². The molecule has 2 aliphatic heterocycles. The lowest BCUT2D eigenvalue weighted by atomic mass is 10.0. The van der Waals surface area contributed by atoms with E-state index in [1.54, 1.807) is 0 Å². The first kappa shape index (κ1) is 9.81. The van der Waals surface area contributed by atoms with Gasteiger partial charge in [-0.3, -0.25) is 0 Å². The lowest BCUT2D eigenvalue weighted by molar-refractivity contribution is 0.203. The predicted octanol–water partition coefficient (Wildman–Crippen LogP) is 1.52. The first-order valence-corrected chi connectivity index (χ1v) is 6.20. The fourth-order valence-corrected chi connectivity index (χ4v) is 4.21. The Morgan fingerprint density at radius 1 is 1.54 bits per heavy atom. The molecule has 1 spiro atoms. The number of likely N-dealkylation sites (tertiary alicyclic amines) is 1. The largest absolute Gasteiger partial charge is 0.304 e. The molecule has 0 aromatic carbocycles. The molecule has 0 aromatic rings. The highest BCUT2D eigenvalue weighted by molar-refractivity contribution is 8.01. The van der Waals surface area contributed by atoms with Gasteiger partial charge in [0.15, 0.2) is 0 Å². The molecule has 0 aliphatic carbocycles. The predicted molar refractivity (Wildman–Crippen MR) is 59.1 cm³/mol. The van der Waals surface area contributed by atoms with E-state index in [4.69, 9.17) is 0 Å². The minimum Gasteiger partial charge on any atom is -0.304 e. The van der Waals surface area contributed by atoms with Gasteiger partial charge >= 0.3 is 0 Å². The topological polar surface area (TPSA) is 15.3 Å². The highest BCUT2D eigenvalue weighted by Crippen LogP contribution is 2.38. The number of hydrogen-bond acceptors (Lipinski definition) is 3. The standard InChI is InChI=1S/C10H20N2S/c1-9-4-6-11-10(13-9)5-3-7-12(2)8-10/h9,11H,3-8H2,1-2H3. The van der Waals surface area contributed by atoms with Crippen molar-refractivity contribution in [2.45, 2.75) is 36.3 Å². The van der Waals surface area contributed by atoms with Crippen LogP contribution in [0.4, 0.5) is 0 Å². The maximum Gasteiger partial charge on any atom is 0.0776 e. The van der Waals surface area contributed by atoms with Gasteiger partial charge in [0.1, 0.15) is 0 Å². The highest BCUT2D eigenvalue weighted by Gasteiger charge is 2.37. The Balaban J connectivity index is 2.00. The summed E-state index contributed by atoms with van der Waals surface area (Å²) in [5.41, 5.74) is 0. The van der Waals surface area contributed by atoms with E-state index in [2.05, 4.69) is 35.9 Å². The van der Waals surface area contributed by atoms with E-state index < -0.39 is 0 Å². The molecule has 13 heavy (non-hydrogen) atoms. The summed E-state index contributed by atoms with van der Waals surface area (Å²) < 4.78 is 0. The van der Waals surface area contributed by atoms with Gasteiger partial charge in [-0.2, -0.15) is 0 Å². The van der Waals surface area contributed by atoms with Crippen LogP contribution < -0.4 is 5.32 Å². The summed E-state index contributed by atoms with van der Waals surface area (Å²) in [7, 11) is 2.24. The number of thioether (sulfide) groups is 1. The Morgan fingerprint density at radius 3 is 3.08 bits per heavy atom. The molecule has 0 bridgehead atoms. The second kappa shape index (κ2) is 3.79. The van der Waals surface area contributed by atoms with E-state index in [1.807, 2.05) is 0 Å². The van der Waals surface area contributed by atoms with Gasteiger partial charge < -0.3 is 10.2 Å². The molecule has 0 amide bonds.